The Morgan fingerprint density at radius 3 is 2.78 bits per heavy atom. The lowest BCUT2D eigenvalue weighted by atomic mass is 10.2. The summed E-state index contributed by atoms with van der Waals surface area (Å²) in [5.74, 6) is -2.11. The number of ether oxygens (including phenoxy) is 1. The second-order valence-corrected chi connectivity index (χ2v) is 3.46. The maximum absolute atomic E-state index is 12.9. The van der Waals surface area contributed by atoms with E-state index in [9.17, 15) is 9.18 Å². The summed E-state index contributed by atoms with van der Waals surface area (Å²) in [7, 11) is 0. The van der Waals surface area contributed by atoms with Crippen LogP contribution in [0.2, 0.25) is 0 Å². The number of carbonyl (C=O) groups is 1. The summed E-state index contributed by atoms with van der Waals surface area (Å²) in [5.41, 5.74) is 0.511. The maximum Gasteiger partial charge on any atom is 0.341 e. The zero-order valence-corrected chi connectivity index (χ0v) is 9.21. The highest BCUT2D eigenvalue weighted by Gasteiger charge is 2.14. The normalized spacial score (nSPS) is 10.1. The van der Waals surface area contributed by atoms with Crippen molar-refractivity contribution in [1.82, 2.24) is 9.97 Å². The molecule has 92 valence electrons. The topological polar surface area (TPSA) is 72.3 Å². The molecule has 0 bridgehead atoms. The van der Waals surface area contributed by atoms with Crippen LogP contribution in [0, 0.1) is 5.82 Å². The Kier molecular flexibility index (Phi) is 3.47. The van der Waals surface area contributed by atoms with Gasteiger partial charge >= 0.3 is 5.97 Å². The van der Waals surface area contributed by atoms with Crippen LogP contribution in [-0.4, -0.2) is 21.0 Å². The Balaban J connectivity index is 2.17. The highest BCUT2D eigenvalue weighted by Crippen LogP contribution is 2.17. The van der Waals surface area contributed by atoms with Crippen molar-refractivity contribution in [2.24, 2.45) is 0 Å². The predicted molar refractivity (Wildman–Crippen MR) is 59.7 cm³/mol. The molecule has 0 aliphatic rings. The minimum Gasteiger partial charge on any atom is -0.477 e. The van der Waals surface area contributed by atoms with Crippen LogP contribution in [0.4, 0.5) is 4.39 Å². The fourth-order valence-electron chi connectivity index (χ4n) is 1.33. The molecule has 5 nitrogen and oxygen atoms in total. The number of hydrogen-bond acceptors (Lipinski definition) is 4. The van der Waals surface area contributed by atoms with Gasteiger partial charge in [-0.1, -0.05) is 0 Å². The highest BCUT2D eigenvalue weighted by molar-refractivity contribution is 5.90. The molecule has 2 aromatic rings. The van der Waals surface area contributed by atoms with E-state index in [4.69, 9.17) is 9.84 Å². The van der Waals surface area contributed by atoms with Crippen molar-refractivity contribution in [3.05, 3.63) is 53.7 Å². The molecule has 0 fully saturated rings. The van der Waals surface area contributed by atoms with Crippen LogP contribution < -0.4 is 4.74 Å². The van der Waals surface area contributed by atoms with E-state index in [2.05, 4.69) is 9.97 Å². The minimum absolute atomic E-state index is 0.110. The first-order chi connectivity index (χ1) is 8.66. The summed E-state index contributed by atoms with van der Waals surface area (Å²) in [6.07, 6.45) is 4.10. The summed E-state index contributed by atoms with van der Waals surface area (Å²) in [5, 5.41) is 8.89. The summed E-state index contributed by atoms with van der Waals surface area (Å²) < 4.78 is 18.1. The molecular formula is C12H9FN2O3. The van der Waals surface area contributed by atoms with E-state index < -0.39 is 11.8 Å². The largest absolute Gasteiger partial charge is 0.477 e. The SMILES string of the molecule is O=C(O)c1cc(F)cnc1OCc1ccncc1. The van der Waals surface area contributed by atoms with E-state index in [0.717, 1.165) is 17.8 Å². The number of nitrogens with zero attached hydrogens (tertiary/aromatic N) is 2. The molecule has 0 aromatic carbocycles. The fraction of sp³-hybridized carbons (Fsp3) is 0.0833. The second-order valence-electron chi connectivity index (χ2n) is 3.46. The summed E-state index contributed by atoms with van der Waals surface area (Å²) >= 11 is 0. The summed E-state index contributed by atoms with van der Waals surface area (Å²) in [4.78, 5) is 18.4. The highest BCUT2D eigenvalue weighted by atomic mass is 19.1. The van der Waals surface area contributed by atoms with E-state index >= 15 is 0 Å². The quantitative estimate of drug-likeness (QED) is 0.894. The average molecular weight is 248 g/mol. The number of rotatable bonds is 4. The Morgan fingerprint density at radius 2 is 2.11 bits per heavy atom. The van der Waals surface area contributed by atoms with Crippen molar-refractivity contribution < 1.29 is 19.0 Å². The van der Waals surface area contributed by atoms with Gasteiger partial charge in [-0.25, -0.2) is 14.2 Å². The Bertz CT molecular complexity index is 561. The smallest absolute Gasteiger partial charge is 0.341 e. The maximum atomic E-state index is 12.9. The van der Waals surface area contributed by atoms with Crippen LogP contribution in [-0.2, 0) is 6.61 Å². The molecule has 0 aliphatic carbocycles. The molecule has 0 atom stereocenters. The molecule has 0 spiro atoms. The van der Waals surface area contributed by atoms with Crippen LogP contribution >= 0.6 is 0 Å². The van der Waals surface area contributed by atoms with Gasteiger partial charge in [0, 0.05) is 12.4 Å². The van der Waals surface area contributed by atoms with E-state index in [0.29, 0.717) is 0 Å². The Hall–Kier alpha value is -2.50. The third-order valence-corrected chi connectivity index (χ3v) is 2.17. The molecular weight excluding hydrogens is 239 g/mol. The molecule has 0 saturated carbocycles. The van der Waals surface area contributed by atoms with Crippen molar-refractivity contribution in [2.45, 2.75) is 6.61 Å². The van der Waals surface area contributed by atoms with Gasteiger partial charge in [-0.3, -0.25) is 4.98 Å². The van der Waals surface area contributed by atoms with Gasteiger partial charge in [0.1, 0.15) is 18.0 Å². The van der Waals surface area contributed by atoms with E-state index in [1.165, 1.54) is 0 Å². The lowest BCUT2D eigenvalue weighted by Crippen LogP contribution is -2.06. The lowest BCUT2D eigenvalue weighted by Gasteiger charge is -2.07. The second kappa shape index (κ2) is 5.22. The van der Waals surface area contributed by atoms with Crippen LogP contribution in [0.15, 0.2) is 36.8 Å². The first kappa shape index (κ1) is 12.0. The summed E-state index contributed by atoms with van der Waals surface area (Å²) in [6.45, 7) is 0.140. The molecule has 0 amide bonds. The van der Waals surface area contributed by atoms with Crippen molar-refractivity contribution in [2.75, 3.05) is 0 Å². The van der Waals surface area contributed by atoms with Crippen molar-refractivity contribution in [3.63, 3.8) is 0 Å². The molecule has 2 heterocycles. The van der Waals surface area contributed by atoms with Crippen molar-refractivity contribution >= 4 is 5.97 Å². The number of carboxylic acids is 1. The van der Waals surface area contributed by atoms with E-state index in [1.54, 1.807) is 24.5 Å². The number of carboxylic acid groups (broad SMARTS) is 1. The number of halogens is 1. The van der Waals surface area contributed by atoms with Crippen LogP contribution in [0.5, 0.6) is 5.88 Å². The zero-order chi connectivity index (χ0) is 13.0. The van der Waals surface area contributed by atoms with Crippen molar-refractivity contribution in [3.8, 4) is 5.88 Å². The predicted octanol–water partition coefficient (Wildman–Crippen LogP) is 1.89. The zero-order valence-electron chi connectivity index (χ0n) is 9.21. The van der Waals surface area contributed by atoms with Gasteiger partial charge in [0.25, 0.3) is 0 Å². The van der Waals surface area contributed by atoms with Crippen LogP contribution in [0.3, 0.4) is 0 Å². The molecule has 1 N–H and O–H groups in total. The molecule has 0 aliphatic heterocycles. The number of hydrogen-bond donors (Lipinski definition) is 1. The monoisotopic (exact) mass is 248 g/mol. The van der Waals surface area contributed by atoms with Gasteiger partial charge in [0.05, 0.1) is 6.20 Å². The molecule has 0 radical (unpaired) electrons. The van der Waals surface area contributed by atoms with Gasteiger partial charge in [-0.15, -0.1) is 0 Å². The van der Waals surface area contributed by atoms with Gasteiger partial charge in [0.15, 0.2) is 0 Å². The number of aromatic carboxylic acids is 1. The van der Waals surface area contributed by atoms with Crippen LogP contribution in [0.1, 0.15) is 15.9 Å². The first-order valence-electron chi connectivity index (χ1n) is 5.07. The lowest BCUT2D eigenvalue weighted by molar-refractivity contribution is 0.0690. The molecule has 0 unspecified atom stereocenters. The molecule has 18 heavy (non-hydrogen) atoms. The van der Waals surface area contributed by atoms with Gasteiger partial charge in [0.2, 0.25) is 5.88 Å². The first-order valence-corrected chi connectivity index (χ1v) is 5.07. The standard InChI is InChI=1S/C12H9FN2O3/c13-9-5-10(12(16)17)11(15-6-9)18-7-8-1-3-14-4-2-8/h1-6H,7H2,(H,16,17). The van der Waals surface area contributed by atoms with Crippen molar-refractivity contribution in [1.29, 1.82) is 0 Å². The average Bonchev–Trinajstić information content (AvgIpc) is 2.38. The number of aromatic nitrogens is 2. The van der Waals surface area contributed by atoms with Gasteiger partial charge in [-0.2, -0.15) is 0 Å². The Morgan fingerprint density at radius 1 is 1.39 bits per heavy atom. The molecule has 2 rings (SSSR count). The van der Waals surface area contributed by atoms with E-state index in [1.807, 2.05) is 0 Å². The van der Waals surface area contributed by atoms with Crippen LogP contribution in [0.25, 0.3) is 0 Å². The van der Waals surface area contributed by atoms with Gasteiger partial charge in [-0.05, 0) is 23.8 Å². The third-order valence-electron chi connectivity index (χ3n) is 2.17. The fourth-order valence-corrected chi connectivity index (χ4v) is 1.33. The third kappa shape index (κ3) is 2.79. The summed E-state index contributed by atoms with van der Waals surface area (Å²) in [6, 6.07) is 4.32. The van der Waals surface area contributed by atoms with Gasteiger partial charge < -0.3 is 9.84 Å². The number of pyridine rings is 2. The molecule has 0 saturated heterocycles. The molecule has 2 aromatic heterocycles. The molecule has 6 heteroatoms. The van der Waals surface area contributed by atoms with E-state index in [-0.39, 0.29) is 18.1 Å². The Labute approximate surface area is 102 Å². The minimum atomic E-state index is -1.29.